The number of alkyl carbamates (subject to hydrolysis) is 1. The van der Waals surface area contributed by atoms with Crippen molar-refractivity contribution < 1.29 is 28.6 Å². The lowest BCUT2D eigenvalue weighted by Gasteiger charge is -2.30. The Morgan fingerprint density at radius 3 is 1.80 bits per heavy atom. The molecule has 0 saturated carbocycles. The summed E-state index contributed by atoms with van der Waals surface area (Å²) >= 11 is 0. The number of nitrogens with one attached hydrogen (secondary N) is 1. The van der Waals surface area contributed by atoms with Gasteiger partial charge in [-0.05, 0) is 45.2 Å². The fourth-order valence-corrected chi connectivity index (χ4v) is 5.81. The van der Waals surface area contributed by atoms with Gasteiger partial charge in [0, 0.05) is 19.7 Å². The second-order valence-corrected chi connectivity index (χ2v) is 13.3. The third-order valence-corrected chi connectivity index (χ3v) is 8.63. The van der Waals surface area contributed by atoms with Crippen molar-refractivity contribution in [2.24, 2.45) is 0 Å². The molecular formula is C36H61N3O6. The van der Waals surface area contributed by atoms with Crippen LogP contribution < -0.4 is 5.32 Å². The van der Waals surface area contributed by atoms with Gasteiger partial charge >= 0.3 is 12.2 Å². The number of ether oxygens (including phenoxy) is 3. The summed E-state index contributed by atoms with van der Waals surface area (Å²) in [7, 11) is 0. The molecule has 0 bridgehead atoms. The van der Waals surface area contributed by atoms with Crippen molar-refractivity contribution in [3.63, 3.8) is 0 Å². The molecule has 1 saturated heterocycles. The van der Waals surface area contributed by atoms with Gasteiger partial charge in [0.1, 0.15) is 24.4 Å². The minimum atomic E-state index is -0.745. The van der Waals surface area contributed by atoms with Crippen LogP contribution in [0.25, 0.3) is 0 Å². The fourth-order valence-electron chi connectivity index (χ4n) is 5.81. The Bertz CT molecular complexity index is 977. The molecule has 1 aromatic rings. The maximum atomic E-state index is 12.7. The van der Waals surface area contributed by atoms with Gasteiger partial charge in [-0.3, -0.25) is 9.78 Å². The zero-order chi connectivity index (χ0) is 32.8. The minimum absolute atomic E-state index is 0.0150. The zero-order valence-electron chi connectivity index (χ0n) is 28.7. The van der Waals surface area contributed by atoms with Crippen LogP contribution in [0.1, 0.15) is 149 Å². The first-order valence-electron chi connectivity index (χ1n) is 17.6. The fraction of sp³-hybridized carbons (Fsp3) is 0.778. The molecule has 3 amide bonds. The Balaban J connectivity index is 1.49. The summed E-state index contributed by atoms with van der Waals surface area (Å²) in [6.45, 7) is 8.08. The summed E-state index contributed by atoms with van der Waals surface area (Å²) in [6.07, 6.45) is 22.8. The Kier molecular flexibility index (Phi) is 18.8. The maximum Gasteiger partial charge on any atom is 0.416 e. The predicted octanol–water partition coefficient (Wildman–Crippen LogP) is 8.88. The first-order chi connectivity index (χ1) is 21.7. The third-order valence-electron chi connectivity index (χ3n) is 8.63. The molecular weight excluding hydrogens is 570 g/mol. The highest BCUT2D eigenvalue weighted by Gasteiger charge is 2.45. The summed E-state index contributed by atoms with van der Waals surface area (Å²) in [6, 6.07) is 5.31. The highest BCUT2D eigenvalue weighted by Crippen LogP contribution is 2.38. The van der Waals surface area contributed by atoms with E-state index in [0.717, 1.165) is 17.7 Å². The summed E-state index contributed by atoms with van der Waals surface area (Å²) < 4.78 is 17.2. The van der Waals surface area contributed by atoms with Crippen LogP contribution in [-0.2, 0) is 25.5 Å². The summed E-state index contributed by atoms with van der Waals surface area (Å²) in [4.78, 5) is 42.2. The molecule has 9 heteroatoms. The minimum Gasteiger partial charge on any atom is -0.447 e. The molecule has 2 heterocycles. The molecule has 0 radical (unpaired) electrons. The Hall–Kier alpha value is -2.68. The number of nitrogens with zero attached hydrogens (tertiary/aromatic N) is 2. The lowest BCUT2D eigenvalue weighted by atomic mass is 9.99. The monoisotopic (exact) mass is 631 g/mol. The number of carbonyl (C=O) groups excluding carboxylic acids is 3. The zero-order valence-corrected chi connectivity index (χ0v) is 28.7. The van der Waals surface area contributed by atoms with Gasteiger partial charge < -0.3 is 19.5 Å². The molecule has 1 aliphatic heterocycles. The number of unbranched alkanes of at least 4 members (excludes halogenated alkanes) is 15. The highest BCUT2D eigenvalue weighted by atomic mass is 16.6. The average molecular weight is 632 g/mol. The molecule has 1 N–H and O–H groups in total. The molecule has 2 rings (SSSR count). The van der Waals surface area contributed by atoms with Crippen LogP contribution in [0.3, 0.4) is 0 Å². The molecule has 0 unspecified atom stereocenters. The van der Waals surface area contributed by atoms with Crippen LogP contribution in [0.4, 0.5) is 9.59 Å². The van der Waals surface area contributed by atoms with E-state index >= 15 is 0 Å². The largest absolute Gasteiger partial charge is 0.447 e. The van der Waals surface area contributed by atoms with Gasteiger partial charge in [0.05, 0.1) is 12.2 Å². The van der Waals surface area contributed by atoms with Gasteiger partial charge in [0.2, 0.25) is 5.91 Å². The molecule has 1 aliphatic rings. The summed E-state index contributed by atoms with van der Waals surface area (Å²) in [5, 5.41) is 2.85. The number of aromatic nitrogens is 1. The smallest absolute Gasteiger partial charge is 0.416 e. The van der Waals surface area contributed by atoms with Crippen molar-refractivity contribution in [1.29, 1.82) is 0 Å². The predicted molar refractivity (Wildman–Crippen MR) is 178 cm³/mol. The molecule has 0 aliphatic carbocycles. The van der Waals surface area contributed by atoms with Crippen LogP contribution in [-0.4, -0.2) is 58.9 Å². The summed E-state index contributed by atoms with van der Waals surface area (Å²) in [5.74, 6) is -0.424. The number of imide groups is 1. The van der Waals surface area contributed by atoms with E-state index in [9.17, 15) is 14.4 Å². The van der Waals surface area contributed by atoms with Gasteiger partial charge in [-0.25, -0.2) is 14.5 Å². The van der Waals surface area contributed by atoms with Gasteiger partial charge in [0.15, 0.2) is 0 Å². The lowest BCUT2D eigenvalue weighted by molar-refractivity contribution is -0.134. The van der Waals surface area contributed by atoms with Crippen molar-refractivity contribution >= 4 is 18.1 Å². The molecule has 1 aromatic heterocycles. The van der Waals surface area contributed by atoms with E-state index in [1.807, 2.05) is 13.8 Å². The van der Waals surface area contributed by atoms with E-state index in [1.54, 1.807) is 24.4 Å². The number of hydrogen-bond donors (Lipinski definition) is 1. The lowest BCUT2D eigenvalue weighted by Crippen LogP contribution is -2.42. The first kappa shape index (κ1) is 38.5. The highest BCUT2D eigenvalue weighted by molar-refractivity contribution is 5.90. The van der Waals surface area contributed by atoms with E-state index in [2.05, 4.69) is 17.2 Å². The molecule has 1 fully saturated rings. The van der Waals surface area contributed by atoms with Crippen LogP contribution >= 0.6 is 0 Å². The van der Waals surface area contributed by atoms with Crippen molar-refractivity contribution in [2.45, 2.75) is 161 Å². The first-order valence-corrected chi connectivity index (χ1v) is 17.6. The second kappa shape index (κ2) is 22.0. The SMILES string of the molecule is CCCCCCCCCCCCCCCCCCNC(=O)OC[C@]1(C)CC[C@](C)(COC(=O)N(Cc2ccccn2)C(C)=O)O1. The van der Waals surface area contributed by atoms with Gasteiger partial charge in [0.25, 0.3) is 0 Å². The normalized spacial score (nSPS) is 19.3. The van der Waals surface area contributed by atoms with Crippen LogP contribution in [0.5, 0.6) is 0 Å². The quantitative estimate of drug-likeness (QED) is 0.120. The number of carbonyl (C=O) groups is 3. The maximum absolute atomic E-state index is 12.7. The van der Waals surface area contributed by atoms with Crippen molar-refractivity contribution in [3.8, 4) is 0 Å². The molecule has 0 aromatic carbocycles. The average Bonchev–Trinajstić information content (AvgIpc) is 3.34. The number of rotatable bonds is 23. The van der Waals surface area contributed by atoms with Gasteiger partial charge in [-0.15, -0.1) is 0 Å². The number of amides is 3. The van der Waals surface area contributed by atoms with Crippen molar-refractivity contribution in [1.82, 2.24) is 15.2 Å². The molecule has 45 heavy (non-hydrogen) atoms. The Labute approximate surface area is 272 Å². The van der Waals surface area contributed by atoms with Crippen LogP contribution in [0, 0.1) is 0 Å². The molecule has 256 valence electrons. The standard InChI is InChI=1S/C36H61N3O6/c1-5-6-7-8-9-10-11-12-13-14-15-16-17-18-19-21-27-38-33(41)43-29-35(3)24-25-36(4,45-35)30-44-34(42)39(31(2)40)28-32-23-20-22-26-37-32/h20,22-23,26H,5-19,21,24-25,27-30H2,1-4H3,(H,38,41)/t35-,36+/m0/s1. The number of hydrogen-bond acceptors (Lipinski definition) is 7. The van der Waals surface area contributed by atoms with Crippen molar-refractivity contribution in [2.75, 3.05) is 19.8 Å². The van der Waals surface area contributed by atoms with E-state index < -0.39 is 29.3 Å². The van der Waals surface area contributed by atoms with E-state index in [-0.39, 0.29) is 19.8 Å². The third kappa shape index (κ3) is 17.0. The van der Waals surface area contributed by atoms with Crippen molar-refractivity contribution in [3.05, 3.63) is 30.1 Å². The number of pyridine rings is 1. The van der Waals surface area contributed by atoms with E-state index in [1.165, 1.54) is 96.8 Å². The van der Waals surface area contributed by atoms with Crippen LogP contribution in [0.2, 0.25) is 0 Å². The Morgan fingerprint density at radius 1 is 0.800 bits per heavy atom. The second-order valence-electron chi connectivity index (χ2n) is 13.3. The van der Waals surface area contributed by atoms with Gasteiger partial charge in [-0.2, -0.15) is 0 Å². The summed E-state index contributed by atoms with van der Waals surface area (Å²) in [5.41, 5.74) is -0.836. The molecule has 9 nitrogen and oxygen atoms in total. The molecule has 0 spiro atoms. The van der Waals surface area contributed by atoms with E-state index in [0.29, 0.717) is 25.1 Å². The topological polar surface area (TPSA) is 107 Å². The van der Waals surface area contributed by atoms with Gasteiger partial charge in [-0.1, -0.05) is 109 Å². The van der Waals surface area contributed by atoms with E-state index in [4.69, 9.17) is 14.2 Å². The molecule has 2 atom stereocenters. The van der Waals surface area contributed by atoms with Crippen LogP contribution in [0.15, 0.2) is 24.4 Å². The Morgan fingerprint density at radius 2 is 1.31 bits per heavy atom.